The first-order valence-corrected chi connectivity index (χ1v) is 4.85. The summed E-state index contributed by atoms with van der Waals surface area (Å²) in [5.41, 5.74) is 9.98. The zero-order valence-corrected chi connectivity index (χ0v) is 9.01. The first-order valence-electron chi connectivity index (χ1n) is 4.85. The van der Waals surface area contributed by atoms with Crippen molar-refractivity contribution in [2.75, 3.05) is 0 Å². The van der Waals surface area contributed by atoms with Crippen molar-refractivity contribution in [3.05, 3.63) is 35.9 Å². The molecule has 0 heterocycles. The number of hydrogen-bond acceptors (Lipinski definition) is 2. The van der Waals surface area contributed by atoms with Gasteiger partial charge in [-0.3, -0.25) is 0 Å². The molecule has 0 spiro atoms. The van der Waals surface area contributed by atoms with Gasteiger partial charge in [-0.15, -0.1) is 0 Å². The molecule has 0 aliphatic heterocycles. The average molecular weight is 207 g/mol. The fourth-order valence-electron chi connectivity index (χ4n) is 1.41. The van der Waals surface area contributed by atoms with Gasteiger partial charge in [-0.25, -0.2) is 4.99 Å². The smallest absolute Gasteiger partial charge is 0.189 e. The standard InChI is InChI=1S/C11H17N3O/c1-8(2)11(15,14-10(12)13)9-6-4-3-5-7-9/h3-8,15H,1-2H3,(H4,12,13,14). The highest BCUT2D eigenvalue weighted by molar-refractivity contribution is 5.76. The van der Waals surface area contributed by atoms with Crippen LogP contribution in [0, 0.1) is 5.92 Å². The van der Waals surface area contributed by atoms with Crippen molar-refractivity contribution in [3.8, 4) is 0 Å². The molecule has 82 valence electrons. The van der Waals surface area contributed by atoms with Gasteiger partial charge in [0.25, 0.3) is 0 Å². The second-order valence-electron chi connectivity index (χ2n) is 3.78. The van der Waals surface area contributed by atoms with E-state index in [1.807, 2.05) is 32.0 Å². The maximum Gasteiger partial charge on any atom is 0.189 e. The average Bonchev–Trinajstić information content (AvgIpc) is 2.17. The minimum absolute atomic E-state index is 0.109. The molecule has 0 fully saturated rings. The number of guanidine groups is 1. The largest absolute Gasteiger partial charge is 0.370 e. The van der Waals surface area contributed by atoms with Crippen LogP contribution >= 0.6 is 0 Å². The normalized spacial score (nSPS) is 14.7. The van der Waals surface area contributed by atoms with E-state index in [2.05, 4.69) is 4.99 Å². The van der Waals surface area contributed by atoms with Crippen LogP contribution in [-0.2, 0) is 5.72 Å². The van der Waals surface area contributed by atoms with Gasteiger partial charge >= 0.3 is 0 Å². The van der Waals surface area contributed by atoms with E-state index in [1.54, 1.807) is 12.1 Å². The first kappa shape index (κ1) is 11.5. The van der Waals surface area contributed by atoms with Crippen LogP contribution in [0.4, 0.5) is 0 Å². The third-order valence-electron chi connectivity index (χ3n) is 2.30. The Labute approximate surface area is 89.6 Å². The maximum absolute atomic E-state index is 10.4. The third kappa shape index (κ3) is 2.47. The predicted molar refractivity (Wildman–Crippen MR) is 61.0 cm³/mol. The molecule has 1 atom stereocenters. The van der Waals surface area contributed by atoms with Gasteiger partial charge in [-0.1, -0.05) is 44.2 Å². The second kappa shape index (κ2) is 4.31. The Bertz CT molecular complexity index is 344. The van der Waals surface area contributed by atoms with Gasteiger partial charge in [-0.2, -0.15) is 0 Å². The number of nitrogens with zero attached hydrogens (tertiary/aromatic N) is 1. The van der Waals surface area contributed by atoms with Crippen LogP contribution in [-0.4, -0.2) is 11.1 Å². The van der Waals surface area contributed by atoms with Crippen molar-refractivity contribution in [2.24, 2.45) is 22.4 Å². The lowest BCUT2D eigenvalue weighted by atomic mass is 9.92. The molecule has 0 aromatic heterocycles. The molecule has 0 saturated carbocycles. The predicted octanol–water partition coefficient (Wildman–Crippen LogP) is 0.761. The van der Waals surface area contributed by atoms with Gasteiger partial charge in [0, 0.05) is 11.5 Å². The summed E-state index contributed by atoms with van der Waals surface area (Å²) >= 11 is 0. The highest BCUT2D eigenvalue weighted by Crippen LogP contribution is 2.30. The summed E-state index contributed by atoms with van der Waals surface area (Å²) in [6.45, 7) is 3.72. The Hall–Kier alpha value is -1.55. The lowest BCUT2D eigenvalue weighted by molar-refractivity contribution is -0.00131. The van der Waals surface area contributed by atoms with Gasteiger partial charge in [0.1, 0.15) is 0 Å². The van der Waals surface area contributed by atoms with Gasteiger partial charge in [0.05, 0.1) is 0 Å². The number of nitrogens with two attached hydrogens (primary N) is 2. The Morgan fingerprint density at radius 3 is 2.20 bits per heavy atom. The van der Waals surface area contributed by atoms with Crippen LogP contribution in [0.5, 0.6) is 0 Å². The number of benzene rings is 1. The van der Waals surface area contributed by atoms with Crippen molar-refractivity contribution in [1.29, 1.82) is 0 Å². The summed E-state index contributed by atoms with van der Waals surface area (Å²) in [6, 6.07) is 9.15. The van der Waals surface area contributed by atoms with Crippen LogP contribution in [0.25, 0.3) is 0 Å². The number of aliphatic hydroxyl groups is 1. The molecular formula is C11H17N3O. The van der Waals surface area contributed by atoms with Crippen molar-refractivity contribution in [1.82, 2.24) is 0 Å². The molecular weight excluding hydrogens is 190 g/mol. The summed E-state index contributed by atoms with van der Waals surface area (Å²) in [4.78, 5) is 3.91. The molecule has 4 heteroatoms. The summed E-state index contributed by atoms with van der Waals surface area (Å²) in [5, 5.41) is 10.4. The minimum Gasteiger partial charge on any atom is -0.370 e. The van der Waals surface area contributed by atoms with Gasteiger partial charge in [-0.05, 0) is 0 Å². The van der Waals surface area contributed by atoms with E-state index < -0.39 is 5.72 Å². The van der Waals surface area contributed by atoms with Crippen molar-refractivity contribution < 1.29 is 5.11 Å². The second-order valence-corrected chi connectivity index (χ2v) is 3.78. The van der Waals surface area contributed by atoms with Gasteiger partial charge in [0.15, 0.2) is 11.7 Å². The van der Waals surface area contributed by atoms with E-state index in [4.69, 9.17) is 11.5 Å². The molecule has 0 aliphatic rings. The lowest BCUT2D eigenvalue weighted by Gasteiger charge is -2.28. The summed E-state index contributed by atoms with van der Waals surface area (Å²) in [5.74, 6) is -0.225. The monoisotopic (exact) mass is 207 g/mol. The topological polar surface area (TPSA) is 84.6 Å². The van der Waals surface area contributed by atoms with Crippen LogP contribution in [0.15, 0.2) is 35.3 Å². The number of hydrogen-bond donors (Lipinski definition) is 3. The molecule has 1 rings (SSSR count). The lowest BCUT2D eigenvalue weighted by Crippen LogP contribution is -2.35. The maximum atomic E-state index is 10.4. The summed E-state index contributed by atoms with van der Waals surface area (Å²) in [6.07, 6.45) is 0. The van der Waals surface area contributed by atoms with Crippen LogP contribution in [0.1, 0.15) is 19.4 Å². The molecule has 0 amide bonds. The molecule has 0 aliphatic carbocycles. The molecule has 0 radical (unpaired) electrons. The van der Waals surface area contributed by atoms with E-state index in [0.29, 0.717) is 5.56 Å². The van der Waals surface area contributed by atoms with Crippen molar-refractivity contribution in [2.45, 2.75) is 19.6 Å². The zero-order valence-electron chi connectivity index (χ0n) is 9.01. The summed E-state index contributed by atoms with van der Waals surface area (Å²) in [7, 11) is 0. The minimum atomic E-state index is -1.35. The fraction of sp³-hybridized carbons (Fsp3) is 0.364. The highest BCUT2D eigenvalue weighted by atomic mass is 16.3. The van der Waals surface area contributed by atoms with Crippen LogP contribution in [0.2, 0.25) is 0 Å². The van der Waals surface area contributed by atoms with Gasteiger partial charge < -0.3 is 16.6 Å². The highest BCUT2D eigenvalue weighted by Gasteiger charge is 2.32. The molecule has 5 N–H and O–H groups in total. The third-order valence-corrected chi connectivity index (χ3v) is 2.30. The Morgan fingerprint density at radius 1 is 1.27 bits per heavy atom. The molecule has 0 bridgehead atoms. The molecule has 1 aromatic rings. The van der Waals surface area contributed by atoms with Crippen LogP contribution in [0.3, 0.4) is 0 Å². The van der Waals surface area contributed by atoms with E-state index in [0.717, 1.165) is 0 Å². The summed E-state index contributed by atoms with van der Waals surface area (Å²) < 4.78 is 0. The zero-order chi connectivity index (χ0) is 11.5. The number of aliphatic imine (C=N–C) groups is 1. The molecule has 1 unspecified atom stereocenters. The first-order chi connectivity index (χ1) is 6.97. The van der Waals surface area contributed by atoms with E-state index in [9.17, 15) is 5.11 Å². The Balaban J connectivity index is 3.19. The molecule has 1 aromatic carbocycles. The SMILES string of the molecule is CC(C)C(O)(N=C(N)N)c1ccccc1. The number of rotatable bonds is 3. The quantitative estimate of drug-likeness (QED) is 0.505. The molecule has 4 nitrogen and oxygen atoms in total. The van der Waals surface area contributed by atoms with Crippen molar-refractivity contribution in [3.63, 3.8) is 0 Å². The Kier molecular flexibility index (Phi) is 3.31. The van der Waals surface area contributed by atoms with E-state index in [1.165, 1.54) is 0 Å². The van der Waals surface area contributed by atoms with E-state index in [-0.39, 0.29) is 11.9 Å². The molecule has 0 saturated heterocycles. The van der Waals surface area contributed by atoms with Crippen molar-refractivity contribution >= 4 is 5.96 Å². The van der Waals surface area contributed by atoms with Crippen LogP contribution < -0.4 is 11.5 Å². The fourth-order valence-corrected chi connectivity index (χ4v) is 1.41. The Morgan fingerprint density at radius 2 is 1.80 bits per heavy atom. The van der Waals surface area contributed by atoms with E-state index >= 15 is 0 Å². The van der Waals surface area contributed by atoms with Gasteiger partial charge in [0.2, 0.25) is 0 Å². The molecule has 15 heavy (non-hydrogen) atoms.